The van der Waals surface area contributed by atoms with Gasteiger partial charge >= 0.3 is 6.09 Å². The molecule has 2 aromatic carbocycles. The Balaban J connectivity index is 2.13. The molecule has 3 rings (SSSR count). The Morgan fingerprint density at radius 1 is 1.03 bits per heavy atom. The van der Waals surface area contributed by atoms with Gasteiger partial charge < -0.3 is 14.8 Å². The van der Waals surface area contributed by atoms with E-state index in [1.807, 2.05) is 52.0 Å². The fourth-order valence-electron chi connectivity index (χ4n) is 4.27. The molecule has 0 aliphatic carbocycles. The Labute approximate surface area is 229 Å². The van der Waals surface area contributed by atoms with Crippen LogP contribution in [0.25, 0.3) is 11.1 Å². The molecular weight excluding hydrogens is 496 g/mol. The summed E-state index contributed by atoms with van der Waals surface area (Å²) in [5, 5.41) is 2.95. The van der Waals surface area contributed by atoms with Crippen LogP contribution in [0, 0.1) is 19.8 Å². The summed E-state index contributed by atoms with van der Waals surface area (Å²) in [4.78, 5) is 18.3. The van der Waals surface area contributed by atoms with Crippen molar-refractivity contribution < 1.29 is 18.5 Å². The van der Waals surface area contributed by atoms with Crippen molar-refractivity contribution in [1.29, 1.82) is 0 Å². The Hall–Kier alpha value is -3.19. The quantitative estimate of drug-likeness (QED) is 0.322. The first-order valence-corrected chi connectivity index (χ1v) is 14.5. The zero-order valence-corrected chi connectivity index (χ0v) is 24.6. The van der Waals surface area contributed by atoms with E-state index in [1.165, 1.54) is 0 Å². The molecule has 0 spiro atoms. The monoisotopic (exact) mass is 536 g/mol. The second-order valence-corrected chi connectivity index (χ2v) is 12.3. The number of rotatable bonds is 9. The van der Waals surface area contributed by atoms with Crippen LogP contribution in [0.5, 0.6) is 5.75 Å². The van der Waals surface area contributed by atoms with Gasteiger partial charge in [-0.15, -0.1) is 0 Å². The average Bonchev–Trinajstić information content (AvgIpc) is 2.81. The highest BCUT2D eigenvalue weighted by Crippen LogP contribution is 2.34. The predicted molar refractivity (Wildman–Crippen MR) is 154 cm³/mol. The molecule has 7 heteroatoms. The van der Waals surface area contributed by atoms with E-state index in [2.05, 4.69) is 50.4 Å². The maximum Gasteiger partial charge on any atom is 0.407 e. The summed E-state index contributed by atoms with van der Waals surface area (Å²) in [6.45, 7) is 14.4. The summed E-state index contributed by atoms with van der Waals surface area (Å²) in [5.41, 5.74) is 6.28. The van der Waals surface area contributed by atoms with Crippen LogP contribution in [-0.4, -0.2) is 27.1 Å². The Bertz CT molecular complexity index is 1290. The third-order valence-electron chi connectivity index (χ3n) is 5.97. The fourth-order valence-corrected chi connectivity index (χ4v) is 4.95. The molecule has 1 amide bonds. The van der Waals surface area contributed by atoms with Crippen LogP contribution >= 0.6 is 0 Å². The normalized spacial score (nSPS) is 12.3. The number of alkyl carbamates (subject to hydrolysis) is 1. The van der Waals surface area contributed by atoms with Crippen LogP contribution in [0.15, 0.2) is 53.4 Å². The maximum atomic E-state index is 12.6. The first-order valence-electron chi connectivity index (χ1n) is 13.0. The highest BCUT2D eigenvalue weighted by molar-refractivity contribution is 7.84. The van der Waals surface area contributed by atoms with Gasteiger partial charge in [-0.1, -0.05) is 55.8 Å². The van der Waals surface area contributed by atoms with Gasteiger partial charge in [0.25, 0.3) is 0 Å². The number of aromatic nitrogens is 1. The van der Waals surface area contributed by atoms with E-state index in [4.69, 9.17) is 14.5 Å². The van der Waals surface area contributed by atoms with Crippen molar-refractivity contribution in [2.75, 3.05) is 6.26 Å². The van der Waals surface area contributed by atoms with Crippen LogP contribution in [-0.2, 0) is 35.1 Å². The van der Waals surface area contributed by atoms with Gasteiger partial charge in [0.2, 0.25) is 0 Å². The molecule has 6 nitrogen and oxygen atoms in total. The zero-order chi connectivity index (χ0) is 28.0. The second kappa shape index (κ2) is 12.6. The molecule has 0 bridgehead atoms. The van der Waals surface area contributed by atoms with Gasteiger partial charge in [0.1, 0.15) is 18.0 Å². The van der Waals surface area contributed by atoms with Gasteiger partial charge in [-0.2, -0.15) is 0 Å². The van der Waals surface area contributed by atoms with Crippen LogP contribution in [0.2, 0.25) is 0 Å². The van der Waals surface area contributed by atoms with Crippen LogP contribution in [0.1, 0.15) is 62.7 Å². The lowest BCUT2D eigenvalue weighted by Crippen LogP contribution is -2.32. The van der Waals surface area contributed by atoms with Crippen molar-refractivity contribution >= 4 is 16.9 Å². The zero-order valence-electron chi connectivity index (χ0n) is 23.8. The maximum absolute atomic E-state index is 12.6. The smallest absolute Gasteiger partial charge is 0.407 e. The van der Waals surface area contributed by atoms with Crippen molar-refractivity contribution in [3.63, 3.8) is 0 Å². The third kappa shape index (κ3) is 7.90. The first kappa shape index (κ1) is 29.4. The largest absolute Gasteiger partial charge is 0.488 e. The minimum absolute atomic E-state index is 0.248. The molecule has 1 unspecified atom stereocenters. The Morgan fingerprint density at radius 3 is 2.29 bits per heavy atom. The highest BCUT2D eigenvalue weighted by atomic mass is 32.2. The summed E-state index contributed by atoms with van der Waals surface area (Å²) >= 11 is 0. The standard InChI is InChI=1S/C31H40N2O4S/c1-20(2)17-26-24(18-32-30(34)37-31(5,6)7)29(23-15-13-21(3)14-16-23)25(22(4)33-26)19-36-27-11-9-10-12-28(27)38(8)35/h9-16,20H,17-19H2,1-8H3,(H,32,34). The van der Waals surface area contributed by atoms with Crippen LogP contribution in [0.4, 0.5) is 4.79 Å². The van der Waals surface area contributed by atoms with E-state index >= 15 is 0 Å². The van der Waals surface area contributed by atoms with Crippen molar-refractivity contribution in [3.05, 3.63) is 76.6 Å². The number of nitrogens with one attached hydrogen (secondary N) is 1. The number of carbonyl (C=O) groups excluding carboxylic acids is 1. The molecule has 1 aromatic heterocycles. The van der Waals surface area contributed by atoms with E-state index in [0.717, 1.165) is 45.6 Å². The van der Waals surface area contributed by atoms with Gasteiger partial charge in [-0.25, -0.2) is 4.79 Å². The molecule has 38 heavy (non-hydrogen) atoms. The summed E-state index contributed by atoms with van der Waals surface area (Å²) in [7, 11) is -1.18. The highest BCUT2D eigenvalue weighted by Gasteiger charge is 2.23. The lowest BCUT2D eigenvalue weighted by atomic mass is 9.90. The van der Waals surface area contributed by atoms with E-state index in [0.29, 0.717) is 16.6 Å². The molecule has 0 aliphatic rings. The molecule has 0 fully saturated rings. The SMILES string of the molecule is Cc1ccc(-c2c(COc3ccccc3S(C)=O)c(C)nc(CC(C)C)c2CNC(=O)OC(C)(C)C)cc1. The lowest BCUT2D eigenvalue weighted by molar-refractivity contribution is 0.0523. The molecule has 1 N–H and O–H groups in total. The molecule has 0 radical (unpaired) electrons. The molecule has 1 heterocycles. The summed E-state index contributed by atoms with van der Waals surface area (Å²) < 4.78 is 24.1. The molecule has 204 valence electrons. The number of para-hydroxylation sites is 1. The predicted octanol–water partition coefficient (Wildman–Crippen LogP) is 6.91. The second-order valence-electron chi connectivity index (χ2n) is 11.0. The number of ether oxygens (including phenoxy) is 2. The minimum atomic E-state index is -1.18. The van der Waals surface area contributed by atoms with Crippen molar-refractivity contribution in [1.82, 2.24) is 10.3 Å². The van der Waals surface area contributed by atoms with Gasteiger partial charge in [-0.3, -0.25) is 9.19 Å². The van der Waals surface area contributed by atoms with Crippen molar-refractivity contribution in [2.24, 2.45) is 5.92 Å². The number of benzene rings is 2. The first-order chi connectivity index (χ1) is 17.9. The van der Waals surface area contributed by atoms with Crippen LogP contribution < -0.4 is 10.1 Å². The summed E-state index contributed by atoms with van der Waals surface area (Å²) in [5.74, 6) is 0.962. The van der Waals surface area contributed by atoms with Gasteiger partial charge in [0.05, 0.1) is 15.7 Å². The summed E-state index contributed by atoms with van der Waals surface area (Å²) in [6, 6.07) is 15.7. The third-order valence-corrected chi connectivity index (χ3v) is 6.93. The number of pyridine rings is 1. The van der Waals surface area contributed by atoms with E-state index in [1.54, 1.807) is 6.26 Å². The molecule has 0 aliphatic heterocycles. The number of nitrogens with zero attached hydrogens (tertiary/aromatic N) is 1. The van der Waals surface area contributed by atoms with Crippen molar-refractivity contribution in [2.45, 2.75) is 78.5 Å². The number of aryl methyl sites for hydroxylation is 2. The molecule has 0 saturated carbocycles. The molecule has 1 atom stereocenters. The topological polar surface area (TPSA) is 77.5 Å². The number of carbonyl (C=O) groups is 1. The van der Waals surface area contributed by atoms with E-state index in [9.17, 15) is 9.00 Å². The van der Waals surface area contributed by atoms with Crippen molar-refractivity contribution in [3.8, 4) is 16.9 Å². The van der Waals surface area contributed by atoms with E-state index < -0.39 is 22.5 Å². The van der Waals surface area contributed by atoms with Gasteiger partial charge in [-0.05, 0) is 70.2 Å². The van der Waals surface area contributed by atoms with Crippen LogP contribution in [0.3, 0.4) is 0 Å². The lowest BCUT2D eigenvalue weighted by Gasteiger charge is -2.24. The average molecular weight is 537 g/mol. The minimum Gasteiger partial charge on any atom is -0.488 e. The Kier molecular flexibility index (Phi) is 9.71. The van der Waals surface area contributed by atoms with Gasteiger partial charge in [0.15, 0.2) is 0 Å². The number of amides is 1. The molecule has 3 aromatic rings. The molecular formula is C31H40N2O4S. The van der Waals surface area contributed by atoms with Gasteiger partial charge in [0, 0.05) is 35.3 Å². The molecule has 0 saturated heterocycles. The summed E-state index contributed by atoms with van der Waals surface area (Å²) in [6.07, 6.45) is 1.94. The number of hydrogen-bond acceptors (Lipinski definition) is 5. The van der Waals surface area contributed by atoms with E-state index in [-0.39, 0.29) is 13.2 Å². The number of hydrogen-bond donors (Lipinski definition) is 1. The fraction of sp³-hybridized carbons (Fsp3) is 0.419. The Morgan fingerprint density at radius 2 is 1.68 bits per heavy atom.